The van der Waals surface area contributed by atoms with Gasteiger partial charge in [-0.25, -0.2) is 4.98 Å². The van der Waals surface area contributed by atoms with Gasteiger partial charge in [0.25, 0.3) is 0 Å². The average Bonchev–Trinajstić information content (AvgIpc) is 3.30. The number of ether oxygens (including phenoxy) is 2. The molecule has 1 aliphatic rings. The third kappa shape index (κ3) is 3.66. The first-order chi connectivity index (χ1) is 12.2. The van der Waals surface area contributed by atoms with E-state index in [1.165, 1.54) is 30.6 Å². The second-order valence-corrected chi connectivity index (χ2v) is 7.52. The second kappa shape index (κ2) is 8.17. The summed E-state index contributed by atoms with van der Waals surface area (Å²) in [4.78, 5) is 6.29. The maximum absolute atomic E-state index is 5.85. The molecule has 5 nitrogen and oxygen atoms in total. The van der Waals surface area contributed by atoms with Crippen molar-refractivity contribution >= 4 is 11.3 Å². The predicted octanol–water partition coefficient (Wildman–Crippen LogP) is 3.44. The van der Waals surface area contributed by atoms with Gasteiger partial charge in [0.1, 0.15) is 11.5 Å². The Morgan fingerprint density at radius 3 is 2.44 bits per heavy atom. The van der Waals surface area contributed by atoms with Crippen molar-refractivity contribution in [3.63, 3.8) is 0 Å². The molecule has 2 aromatic rings. The largest absolute Gasteiger partial charge is 0.496 e. The zero-order chi connectivity index (χ0) is 17.8. The Bertz CT molecular complexity index is 724. The minimum absolute atomic E-state index is 0.408. The summed E-state index contributed by atoms with van der Waals surface area (Å²) in [7, 11) is 3.36. The molecule has 0 unspecified atom stereocenters. The van der Waals surface area contributed by atoms with E-state index < -0.39 is 0 Å². The Kier molecular flexibility index (Phi) is 5.93. The first kappa shape index (κ1) is 18.2. The van der Waals surface area contributed by atoms with Crippen molar-refractivity contribution in [2.45, 2.75) is 44.6 Å². The van der Waals surface area contributed by atoms with Crippen LogP contribution in [0, 0.1) is 0 Å². The third-order valence-corrected chi connectivity index (χ3v) is 6.14. The van der Waals surface area contributed by atoms with E-state index >= 15 is 0 Å². The Hall–Kier alpha value is -1.63. The van der Waals surface area contributed by atoms with Crippen LogP contribution in [-0.4, -0.2) is 25.7 Å². The van der Waals surface area contributed by atoms with Crippen molar-refractivity contribution in [3.8, 4) is 22.8 Å². The number of nitrogens with zero attached hydrogens (tertiary/aromatic N) is 1. The fourth-order valence-corrected chi connectivity index (χ4v) is 4.84. The lowest BCUT2D eigenvalue weighted by atomic mass is 9.99. The summed E-state index contributed by atoms with van der Waals surface area (Å²) in [6.07, 6.45) is 5.86. The van der Waals surface area contributed by atoms with Crippen LogP contribution < -0.4 is 20.9 Å². The molecule has 6 heteroatoms. The first-order valence-electron chi connectivity index (χ1n) is 8.86. The molecule has 0 radical (unpaired) electrons. The number of methoxy groups -OCH3 is 2. The number of thiazole rings is 1. The molecule has 136 valence electrons. The summed E-state index contributed by atoms with van der Waals surface area (Å²) in [5.41, 5.74) is 14.6. The minimum atomic E-state index is 0.408. The lowest BCUT2D eigenvalue weighted by Crippen LogP contribution is -2.03. The van der Waals surface area contributed by atoms with Gasteiger partial charge >= 0.3 is 0 Å². The van der Waals surface area contributed by atoms with Crippen LogP contribution in [0.15, 0.2) is 12.1 Å². The van der Waals surface area contributed by atoms with Gasteiger partial charge in [-0.15, -0.1) is 11.3 Å². The molecule has 1 aliphatic carbocycles. The summed E-state index contributed by atoms with van der Waals surface area (Å²) in [6, 6.07) is 3.98. The normalized spacial score (nSPS) is 14.9. The molecule has 0 atom stereocenters. The van der Waals surface area contributed by atoms with E-state index in [-0.39, 0.29) is 0 Å². The number of nitrogens with two attached hydrogens (primary N) is 2. The first-order valence-corrected chi connectivity index (χ1v) is 9.68. The Morgan fingerprint density at radius 2 is 1.84 bits per heavy atom. The van der Waals surface area contributed by atoms with Gasteiger partial charge in [-0.05, 0) is 37.4 Å². The van der Waals surface area contributed by atoms with E-state index in [9.17, 15) is 0 Å². The highest BCUT2D eigenvalue weighted by Crippen LogP contribution is 2.45. The lowest BCUT2D eigenvalue weighted by Gasteiger charge is -2.15. The lowest BCUT2D eigenvalue weighted by molar-refractivity contribution is 0.400. The summed E-state index contributed by atoms with van der Waals surface area (Å²) in [5.74, 6) is 2.16. The van der Waals surface area contributed by atoms with Gasteiger partial charge in [-0.1, -0.05) is 12.8 Å². The van der Waals surface area contributed by atoms with E-state index in [0.717, 1.165) is 39.7 Å². The van der Waals surface area contributed by atoms with Crippen molar-refractivity contribution in [1.29, 1.82) is 0 Å². The summed E-state index contributed by atoms with van der Waals surface area (Å²) in [5, 5.41) is 1.10. The molecule has 0 bridgehead atoms. The van der Waals surface area contributed by atoms with Crippen LogP contribution >= 0.6 is 11.3 Å². The molecule has 1 aromatic carbocycles. The molecule has 0 spiro atoms. The van der Waals surface area contributed by atoms with Crippen LogP contribution in [-0.2, 0) is 13.0 Å². The standard InChI is InChI=1S/C19H27N3O2S/c1-23-15-10-14(16(24-2)9-13(15)11-21)18-19(12-5-3-4-6-12)25-17(22-18)7-8-20/h9-10,12H,3-8,11,20-21H2,1-2H3. The maximum Gasteiger partial charge on any atom is 0.128 e. The fraction of sp³-hybridized carbons (Fsp3) is 0.526. The number of benzene rings is 1. The molecular weight excluding hydrogens is 334 g/mol. The number of rotatable bonds is 7. The highest BCUT2D eigenvalue weighted by Gasteiger charge is 2.26. The molecule has 1 fully saturated rings. The van der Waals surface area contributed by atoms with Crippen molar-refractivity contribution in [1.82, 2.24) is 4.98 Å². The van der Waals surface area contributed by atoms with Crippen LogP contribution in [0.4, 0.5) is 0 Å². The monoisotopic (exact) mass is 361 g/mol. The Balaban J connectivity index is 2.13. The van der Waals surface area contributed by atoms with E-state index in [2.05, 4.69) is 0 Å². The molecule has 4 N–H and O–H groups in total. The number of hydrogen-bond donors (Lipinski definition) is 2. The van der Waals surface area contributed by atoms with Crippen LogP contribution in [0.1, 0.15) is 47.0 Å². The van der Waals surface area contributed by atoms with E-state index in [4.69, 9.17) is 25.9 Å². The highest BCUT2D eigenvalue weighted by atomic mass is 32.1. The van der Waals surface area contributed by atoms with Crippen molar-refractivity contribution in [3.05, 3.63) is 27.6 Å². The maximum atomic E-state index is 5.85. The van der Waals surface area contributed by atoms with Gasteiger partial charge in [0, 0.05) is 29.0 Å². The summed E-state index contributed by atoms with van der Waals surface area (Å²) < 4.78 is 11.2. The molecule has 1 heterocycles. The zero-order valence-electron chi connectivity index (χ0n) is 15.0. The molecule has 3 rings (SSSR count). The molecule has 0 amide bonds. The van der Waals surface area contributed by atoms with Crippen LogP contribution in [0.25, 0.3) is 11.3 Å². The minimum Gasteiger partial charge on any atom is -0.496 e. The fourth-order valence-electron chi connectivity index (χ4n) is 3.57. The van der Waals surface area contributed by atoms with Crippen LogP contribution in [0.3, 0.4) is 0 Å². The summed E-state index contributed by atoms with van der Waals surface area (Å²) in [6.45, 7) is 1.02. The van der Waals surface area contributed by atoms with Gasteiger partial charge in [-0.3, -0.25) is 0 Å². The molecule has 0 saturated heterocycles. The van der Waals surface area contributed by atoms with Crippen LogP contribution in [0.2, 0.25) is 0 Å². The van der Waals surface area contributed by atoms with Crippen LogP contribution in [0.5, 0.6) is 11.5 Å². The molecule has 25 heavy (non-hydrogen) atoms. The third-order valence-electron chi connectivity index (χ3n) is 4.86. The molecule has 0 aliphatic heterocycles. The van der Waals surface area contributed by atoms with Crippen molar-refractivity contribution in [2.75, 3.05) is 20.8 Å². The Morgan fingerprint density at radius 1 is 1.12 bits per heavy atom. The van der Waals surface area contributed by atoms with Gasteiger partial charge in [0.2, 0.25) is 0 Å². The predicted molar refractivity (Wildman–Crippen MR) is 103 cm³/mol. The molecular formula is C19H27N3O2S. The van der Waals surface area contributed by atoms with Crippen molar-refractivity contribution < 1.29 is 9.47 Å². The SMILES string of the molecule is COc1cc(-c2nc(CCN)sc2C2CCCC2)c(OC)cc1CN. The number of aromatic nitrogens is 1. The van der Waals surface area contributed by atoms with E-state index in [1.807, 2.05) is 12.1 Å². The quantitative estimate of drug-likeness (QED) is 0.789. The van der Waals surface area contributed by atoms with Gasteiger partial charge < -0.3 is 20.9 Å². The van der Waals surface area contributed by atoms with Crippen molar-refractivity contribution in [2.24, 2.45) is 11.5 Å². The Labute approximate surface area is 153 Å². The number of hydrogen-bond acceptors (Lipinski definition) is 6. The van der Waals surface area contributed by atoms with Gasteiger partial charge in [0.05, 0.1) is 24.9 Å². The van der Waals surface area contributed by atoms with Gasteiger partial charge in [-0.2, -0.15) is 0 Å². The summed E-state index contributed by atoms with van der Waals surface area (Å²) >= 11 is 1.81. The topological polar surface area (TPSA) is 83.4 Å². The zero-order valence-corrected chi connectivity index (χ0v) is 15.8. The van der Waals surface area contributed by atoms with E-state index in [0.29, 0.717) is 19.0 Å². The molecule has 1 saturated carbocycles. The highest BCUT2D eigenvalue weighted by molar-refractivity contribution is 7.12. The second-order valence-electron chi connectivity index (χ2n) is 6.41. The average molecular weight is 362 g/mol. The van der Waals surface area contributed by atoms with Gasteiger partial charge in [0.15, 0.2) is 0 Å². The molecule has 1 aromatic heterocycles. The smallest absolute Gasteiger partial charge is 0.128 e. The van der Waals surface area contributed by atoms with E-state index in [1.54, 1.807) is 25.6 Å².